The summed E-state index contributed by atoms with van der Waals surface area (Å²) in [6.45, 7) is 3.05. The first-order chi connectivity index (χ1) is 13.9. The number of sulfonamides is 1. The van der Waals surface area contributed by atoms with Crippen LogP contribution < -0.4 is 10.6 Å². The summed E-state index contributed by atoms with van der Waals surface area (Å²) in [6.07, 6.45) is 3.93. The fraction of sp³-hybridized carbons (Fsp3) is 0.333. The molecular formula is C21H25N3O3S2. The smallest absolute Gasteiger partial charge is 0.257 e. The summed E-state index contributed by atoms with van der Waals surface area (Å²) in [6, 6.07) is 13.6. The number of nitrogens with zero attached hydrogens (tertiary/aromatic N) is 1. The third-order valence-electron chi connectivity index (χ3n) is 4.82. The van der Waals surface area contributed by atoms with E-state index in [2.05, 4.69) is 10.6 Å². The number of aryl methyl sites for hydroxylation is 1. The maximum absolute atomic E-state index is 12.8. The summed E-state index contributed by atoms with van der Waals surface area (Å²) < 4.78 is 27.2. The molecule has 0 aliphatic carbocycles. The molecule has 1 fully saturated rings. The molecule has 0 spiro atoms. The largest absolute Gasteiger partial charge is 0.332 e. The van der Waals surface area contributed by atoms with Crippen molar-refractivity contribution in [2.45, 2.75) is 37.5 Å². The van der Waals surface area contributed by atoms with Crippen molar-refractivity contribution in [3.8, 4) is 0 Å². The average molecular weight is 432 g/mol. The summed E-state index contributed by atoms with van der Waals surface area (Å²) in [5.41, 5.74) is 2.11. The fourth-order valence-corrected chi connectivity index (χ4v) is 4.99. The van der Waals surface area contributed by atoms with Gasteiger partial charge in [0.05, 0.1) is 4.90 Å². The van der Waals surface area contributed by atoms with E-state index < -0.39 is 10.0 Å². The Morgan fingerprint density at radius 1 is 1.00 bits per heavy atom. The molecule has 0 radical (unpaired) electrons. The van der Waals surface area contributed by atoms with Crippen LogP contribution in [0.4, 0.5) is 5.69 Å². The first kappa shape index (κ1) is 21.4. The number of thiocarbonyl (C=S) groups is 1. The van der Waals surface area contributed by atoms with Gasteiger partial charge in [0.25, 0.3) is 5.91 Å². The van der Waals surface area contributed by atoms with Gasteiger partial charge in [0, 0.05) is 24.3 Å². The van der Waals surface area contributed by atoms with Crippen LogP contribution in [-0.4, -0.2) is 36.8 Å². The molecule has 29 heavy (non-hydrogen) atoms. The molecule has 1 amide bonds. The summed E-state index contributed by atoms with van der Waals surface area (Å²) in [4.78, 5) is 12.5. The zero-order valence-electron chi connectivity index (χ0n) is 16.3. The van der Waals surface area contributed by atoms with E-state index in [4.69, 9.17) is 12.2 Å². The predicted octanol–water partition coefficient (Wildman–Crippen LogP) is 3.69. The standard InChI is InChI=1S/C21H25N3O3S2/c1-16-7-6-8-17(15-16)20(25)23-21(28)22-18-9-11-19(12-10-18)29(26,27)24-13-4-2-3-5-14-24/h6-12,15H,2-5,13-14H2,1H3,(H2,22,23,25,28). The van der Waals surface area contributed by atoms with E-state index in [1.54, 1.807) is 40.7 Å². The minimum atomic E-state index is -3.49. The fourth-order valence-electron chi connectivity index (χ4n) is 3.27. The monoisotopic (exact) mass is 431 g/mol. The molecule has 0 atom stereocenters. The van der Waals surface area contributed by atoms with Gasteiger partial charge >= 0.3 is 0 Å². The molecule has 1 saturated heterocycles. The van der Waals surface area contributed by atoms with Gasteiger partial charge in [0.15, 0.2) is 5.11 Å². The zero-order chi connectivity index (χ0) is 20.9. The van der Waals surface area contributed by atoms with Crippen LogP contribution in [0.15, 0.2) is 53.4 Å². The zero-order valence-corrected chi connectivity index (χ0v) is 18.0. The number of amides is 1. The molecule has 3 rings (SSSR count). The maximum atomic E-state index is 12.8. The quantitative estimate of drug-likeness (QED) is 0.722. The predicted molar refractivity (Wildman–Crippen MR) is 119 cm³/mol. The molecule has 154 valence electrons. The number of carbonyl (C=O) groups is 1. The molecule has 8 heteroatoms. The Balaban J connectivity index is 1.62. The van der Waals surface area contributed by atoms with E-state index >= 15 is 0 Å². The Labute approximate surface area is 177 Å². The highest BCUT2D eigenvalue weighted by atomic mass is 32.2. The first-order valence-electron chi connectivity index (χ1n) is 9.65. The Hall–Kier alpha value is -2.29. The SMILES string of the molecule is Cc1cccc(C(=O)NC(=S)Nc2ccc(S(=O)(=O)N3CCCCCC3)cc2)c1. The minimum Gasteiger partial charge on any atom is -0.332 e. The molecule has 1 aliphatic rings. The number of anilines is 1. The van der Waals surface area contributed by atoms with E-state index in [0.717, 1.165) is 31.2 Å². The van der Waals surface area contributed by atoms with Crippen LogP contribution in [0, 0.1) is 6.92 Å². The van der Waals surface area contributed by atoms with Gasteiger partial charge in [-0.2, -0.15) is 4.31 Å². The molecule has 0 unspecified atom stereocenters. The summed E-state index contributed by atoms with van der Waals surface area (Å²) in [7, 11) is -3.49. The van der Waals surface area contributed by atoms with Gasteiger partial charge in [0.2, 0.25) is 10.0 Å². The molecule has 2 N–H and O–H groups in total. The van der Waals surface area contributed by atoms with Crippen molar-refractivity contribution < 1.29 is 13.2 Å². The van der Waals surface area contributed by atoms with Crippen LogP contribution in [0.25, 0.3) is 0 Å². The lowest BCUT2D eigenvalue weighted by molar-refractivity contribution is 0.0977. The molecular weight excluding hydrogens is 406 g/mol. The van der Waals surface area contributed by atoms with Crippen molar-refractivity contribution in [2.75, 3.05) is 18.4 Å². The van der Waals surface area contributed by atoms with Crippen LogP contribution in [0.3, 0.4) is 0 Å². The molecule has 0 saturated carbocycles. The van der Waals surface area contributed by atoms with Crippen molar-refractivity contribution in [3.05, 3.63) is 59.7 Å². The number of benzene rings is 2. The van der Waals surface area contributed by atoms with Crippen molar-refractivity contribution in [3.63, 3.8) is 0 Å². The van der Waals surface area contributed by atoms with Crippen LogP contribution in [0.1, 0.15) is 41.6 Å². The topological polar surface area (TPSA) is 78.5 Å². The van der Waals surface area contributed by atoms with Gasteiger partial charge in [0.1, 0.15) is 0 Å². The van der Waals surface area contributed by atoms with Crippen molar-refractivity contribution in [1.82, 2.24) is 9.62 Å². The third kappa shape index (κ3) is 5.62. The molecule has 6 nitrogen and oxygen atoms in total. The normalized spacial score (nSPS) is 15.3. The first-order valence-corrected chi connectivity index (χ1v) is 11.5. The van der Waals surface area contributed by atoms with Gasteiger partial charge in [-0.3, -0.25) is 10.1 Å². The molecule has 0 bridgehead atoms. The van der Waals surface area contributed by atoms with Crippen LogP contribution in [0.2, 0.25) is 0 Å². The van der Waals surface area contributed by atoms with Crippen molar-refractivity contribution in [2.24, 2.45) is 0 Å². The molecule has 1 heterocycles. The highest BCUT2D eigenvalue weighted by Gasteiger charge is 2.24. The molecule has 0 aromatic heterocycles. The number of hydrogen-bond donors (Lipinski definition) is 2. The van der Waals surface area contributed by atoms with E-state index in [0.29, 0.717) is 24.3 Å². The van der Waals surface area contributed by atoms with Gasteiger partial charge in [-0.05, 0) is 68.4 Å². The number of nitrogens with one attached hydrogen (secondary N) is 2. The number of carbonyl (C=O) groups excluding carboxylic acids is 1. The summed E-state index contributed by atoms with van der Waals surface area (Å²) in [5, 5.41) is 5.70. The van der Waals surface area contributed by atoms with Crippen LogP contribution >= 0.6 is 12.2 Å². The number of hydrogen-bond acceptors (Lipinski definition) is 4. The van der Waals surface area contributed by atoms with Crippen molar-refractivity contribution >= 4 is 38.9 Å². The molecule has 2 aromatic carbocycles. The lowest BCUT2D eigenvalue weighted by Crippen LogP contribution is -2.34. The van der Waals surface area contributed by atoms with Crippen LogP contribution in [0.5, 0.6) is 0 Å². The number of rotatable bonds is 4. The van der Waals surface area contributed by atoms with Crippen molar-refractivity contribution in [1.29, 1.82) is 0 Å². The summed E-state index contributed by atoms with van der Waals surface area (Å²) in [5.74, 6) is -0.299. The van der Waals surface area contributed by atoms with Crippen LogP contribution in [-0.2, 0) is 10.0 Å². The average Bonchev–Trinajstić information content (AvgIpc) is 2.98. The Bertz CT molecular complexity index is 980. The van der Waals surface area contributed by atoms with E-state index in [9.17, 15) is 13.2 Å². The Kier molecular flexibility index (Phi) is 7.00. The highest BCUT2D eigenvalue weighted by Crippen LogP contribution is 2.21. The second-order valence-electron chi connectivity index (χ2n) is 7.12. The minimum absolute atomic E-state index is 0.152. The van der Waals surface area contributed by atoms with Gasteiger partial charge in [-0.15, -0.1) is 0 Å². The summed E-state index contributed by atoms with van der Waals surface area (Å²) >= 11 is 5.20. The maximum Gasteiger partial charge on any atom is 0.257 e. The molecule has 2 aromatic rings. The van der Waals surface area contributed by atoms with E-state index in [-0.39, 0.29) is 15.9 Å². The van der Waals surface area contributed by atoms with E-state index in [1.807, 2.05) is 19.1 Å². The Morgan fingerprint density at radius 2 is 1.66 bits per heavy atom. The lowest BCUT2D eigenvalue weighted by atomic mass is 10.1. The third-order valence-corrected chi connectivity index (χ3v) is 6.94. The van der Waals surface area contributed by atoms with E-state index in [1.165, 1.54) is 0 Å². The lowest BCUT2D eigenvalue weighted by Gasteiger charge is -2.20. The molecule has 1 aliphatic heterocycles. The second kappa shape index (κ2) is 9.47. The van der Waals surface area contributed by atoms with Gasteiger partial charge in [-0.1, -0.05) is 30.5 Å². The highest BCUT2D eigenvalue weighted by molar-refractivity contribution is 7.89. The van der Waals surface area contributed by atoms with Gasteiger partial charge < -0.3 is 5.32 Å². The van der Waals surface area contributed by atoms with Gasteiger partial charge in [-0.25, -0.2) is 8.42 Å². The Morgan fingerprint density at radius 3 is 2.28 bits per heavy atom. The second-order valence-corrected chi connectivity index (χ2v) is 9.47.